The lowest BCUT2D eigenvalue weighted by molar-refractivity contribution is -0.148. The molecular weight excluding hydrogens is 554 g/mol. The largest absolute Gasteiger partial charge is 0.497 e. The first-order valence-electron chi connectivity index (χ1n) is 14.4. The van der Waals surface area contributed by atoms with Gasteiger partial charge in [-0.2, -0.15) is 0 Å². The van der Waals surface area contributed by atoms with Crippen LogP contribution < -0.4 is 19.7 Å². The topological polar surface area (TPSA) is 114 Å². The van der Waals surface area contributed by atoms with Gasteiger partial charge in [0.2, 0.25) is 10.0 Å². The molecule has 3 aromatic rings. The Bertz CT molecular complexity index is 1550. The van der Waals surface area contributed by atoms with Crippen molar-refractivity contribution in [2.24, 2.45) is 5.92 Å². The molecule has 42 heavy (non-hydrogen) atoms. The predicted molar refractivity (Wildman–Crippen MR) is 161 cm³/mol. The van der Waals surface area contributed by atoms with Crippen molar-refractivity contribution in [1.82, 2.24) is 4.72 Å². The molecule has 3 aromatic carbocycles. The van der Waals surface area contributed by atoms with Crippen molar-refractivity contribution >= 4 is 33.3 Å². The van der Waals surface area contributed by atoms with Crippen LogP contribution in [0.5, 0.6) is 5.75 Å². The Morgan fingerprint density at radius 3 is 2.52 bits per heavy atom. The predicted octanol–water partition coefficient (Wildman–Crippen LogP) is 5.08. The van der Waals surface area contributed by atoms with E-state index in [9.17, 15) is 18.0 Å². The molecule has 0 aromatic heterocycles. The second kappa shape index (κ2) is 13.0. The molecule has 2 aliphatic rings. The number of carbonyl (C=O) groups excluding carboxylic acids is 2. The highest BCUT2D eigenvalue weighted by Gasteiger charge is 2.32. The lowest BCUT2D eigenvalue weighted by atomic mass is 9.88. The number of benzene rings is 3. The van der Waals surface area contributed by atoms with Crippen LogP contribution in [0.2, 0.25) is 0 Å². The number of amides is 1. The van der Waals surface area contributed by atoms with Gasteiger partial charge in [-0.25, -0.2) is 13.1 Å². The number of ether oxygens (including phenoxy) is 2. The first kappa shape index (κ1) is 29.6. The Morgan fingerprint density at radius 1 is 0.976 bits per heavy atom. The summed E-state index contributed by atoms with van der Waals surface area (Å²) >= 11 is 0. The van der Waals surface area contributed by atoms with Crippen LogP contribution in [0.1, 0.15) is 60.1 Å². The van der Waals surface area contributed by atoms with E-state index in [2.05, 4.69) is 10.0 Å². The number of methoxy groups -OCH3 is 1. The van der Waals surface area contributed by atoms with Crippen molar-refractivity contribution in [1.29, 1.82) is 0 Å². The zero-order valence-electron chi connectivity index (χ0n) is 24.0. The number of sulfonamides is 1. The smallest absolute Gasteiger partial charge is 0.309 e. The molecule has 1 saturated heterocycles. The highest BCUT2D eigenvalue weighted by molar-refractivity contribution is 7.89. The standard InChI is InChI=1S/C32H37N3O6S/c1-3-41-32(37)23-16-18-35(19-17-23)29-15-14-25(33-31(36)24-10-6-11-26(20-24)40-2)21-30(29)42(38,39)34-28-13-7-9-22-8-4-5-12-27(22)28/h4-6,8,10-12,14-15,20-21,23,28,34H,3,7,9,13,16-19H2,1-2H3,(H,33,36). The van der Waals surface area contributed by atoms with Crippen LogP contribution in [0, 0.1) is 5.92 Å². The van der Waals surface area contributed by atoms with Crippen molar-refractivity contribution < 1.29 is 27.5 Å². The molecule has 1 heterocycles. The molecule has 222 valence electrons. The van der Waals surface area contributed by atoms with Gasteiger partial charge in [0.15, 0.2) is 0 Å². The lowest BCUT2D eigenvalue weighted by Gasteiger charge is -2.34. The van der Waals surface area contributed by atoms with Crippen LogP contribution in [0.3, 0.4) is 0 Å². The van der Waals surface area contributed by atoms with Crippen LogP contribution in [0.25, 0.3) is 0 Å². The zero-order valence-corrected chi connectivity index (χ0v) is 24.8. The van der Waals surface area contributed by atoms with E-state index in [1.807, 2.05) is 29.2 Å². The third-order valence-corrected chi connectivity index (χ3v) is 9.46. The Labute approximate surface area is 247 Å². The monoisotopic (exact) mass is 591 g/mol. The number of rotatable bonds is 9. The van der Waals surface area contributed by atoms with Gasteiger partial charge >= 0.3 is 5.97 Å². The molecule has 0 bridgehead atoms. The Kier molecular flexibility index (Phi) is 9.13. The van der Waals surface area contributed by atoms with Gasteiger partial charge in [-0.15, -0.1) is 0 Å². The molecule has 0 radical (unpaired) electrons. The van der Waals surface area contributed by atoms with Crippen molar-refractivity contribution in [3.05, 3.63) is 83.4 Å². The fraction of sp³-hybridized carbons (Fsp3) is 0.375. The van der Waals surface area contributed by atoms with Gasteiger partial charge in [0, 0.05) is 30.4 Å². The maximum atomic E-state index is 14.1. The molecule has 2 N–H and O–H groups in total. The van der Waals surface area contributed by atoms with Crippen LogP contribution in [0.4, 0.5) is 11.4 Å². The summed E-state index contributed by atoms with van der Waals surface area (Å²) in [6.45, 7) is 3.14. The summed E-state index contributed by atoms with van der Waals surface area (Å²) < 4.78 is 41.6. The van der Waals surface area contributed by atoms with Gasteiger partial charge in [0.1, 0.15) is 10.6 Å². The Morgan fingerprint density at radius 2 is 1.76 bits per heavy atom. The highest BCUT2D eigenvalue weighted by atomic mass is 32.2. The van der Waals surface area contributed by atoms with Gasteiger partial charge in [-0.05, 0) is 86.6 Å². The van der Waals surface area contributed by atoms with E-state index < -0.39 is 10.0 Å². The molecule has 1 unspecified atom stereocenters. The lowest BCUT2D eigenvalue weighted by Crippen LogP contribution is -2.38. The van der Waals surface area contributed by atoms with E-state index in [1.165, 1.54) is 13.2 Å². The molecule has 1 fully saturated rings. The summed E-state index contributed by atoms with van der Waals surface area (Å²) in [6.07, 6.45) is 3.63. The average molecular weight is 592 g/mol. The first-order chi connectivity index (χ1) is 20.3. The molecule has 10 heteroatoms. The van der Waals surface area contributed by atoms with E-state index in [1.54, 1.807) is 43.3 Å². The number of carbonyl (C=O) groups is 2. The van der Waals surface area contributed by atoms with Crippen LogP contribution in [-0.4, -0.2) is 47.1 Å². The van der Waals surface area contributed by atoms with Crippen LogP contribution >= 0.6 is 0 Å². The maximum absolute atomic E-state index is 14.1. The van der Waals surface area contributed by atoms with Gasteiger partial charge < -0.3 is 19.7 Å². The van der Waals surface area contributed by atoms with Gasteiger partial charge in [0.05, 0.1) is 25.3 Å². The van der Waals surface area contributed by atoms with Crippen molar-refractivity contribution in [3.63, 3.8) is 0 Å². The summed E-state index contributed by atoms with van der Waals surface area (Å²) in [5.41, 5.74) is 3.43. The van der Waals surface area contributed by atoms with Crippen molar-refractivity contribution in [3.8, 4) is 5.75 Å². The fourth-order valence-electron chi connectivity index (χ4n) is 5.78. The van der Waals surface area contributed by atoms with Gasteiger partial charge in [-0.3, -0.25) is 9.59 Å². The Hall–Kier alpha value is -3.89. The average Bonchev–Trinajstić information content (AvgIpc) is 3.01. The summed E-state index contributed by atoms with van der Waals surface area (Å²) in [7, 11) is -2.48. The minimum atomic E-state index is -4.01. The molecular formula is C32H37N3O6S. The van der Waals surface area contributed by atoms with E-state index in [0.717, 1.165) is 24.0 Å². The van der Waals surface area contributed by atoms with E-state index >= 15 is 0 Å². The number of fused-ring (bicyclic) bond motifs is 1. The summed E-state index contributed by atoms with van der Waals surface area (Å²) in [5, 5.41) is 2.84. The van der Waals surface area contributed by atoms with Crippen molar-refractivity contribution in [2.75, 3.05) is 37.0 Å². The van der Waals surface area contributed by atoms with Crippen LogP contribution in [0.15, 0.2) is 71.6 Å². The Balaban J connectivity index is 1.45. The fourth-order valence-corrected chi connectivity index (χ4v) is 7.28. The first-order valence-corrected chi connectivity index (χ1v) is 15.9. The van der Waals surface area contributed by atoms with Crippen LogP contribution in [-0.2, 0) is 26.0 Å². The number of esters is 1. The van der Waals surface area contributed by atoms with Gasteiger partial charge in [0.25, 0.3) is 5.91 Å². The summed E-state index contributed by atoms with van der Waals surface area (Å²) in [5.74, 6) is -0.253. The molecule has 5 rings (SSSR count). The second-order valence-electron chi connectivity index (χ2n) is 10.6. The number of nitrogens with one attached hydrogen (secondary N) is 2. The van der Waals surface area contributed by atoms with Gasteiger partial charge in [-0.1, -0.05) is 30.3 Å². The SMILES string of the molecule is CCOC(=O)C1CCN(c2ccc(NC(=O)c3cccc(OC)c3)cc2S(=O)(=O)NC2CCCc3ccccc32)CC1. The van der Waals surface area contributed by atoms with Crippen molar-refractivity contribution in [2.45, 2.75) is 50.0 Å². The number of aryl methyl sites for hydroxylation is 1. The molecule has 1 atom stereocenters. The summed E-state index contributed by atoms with van der Waals surface area (Å²) in [6, 6.07) is 19.3. The minimum Gasteiger partial charge on any atom is -0.497 e. The zero-order chi connectivity index (χ0) is 29.7. The quantitative estimate of drug-likeness (QED) is 0.334. The number of hydrogen-bond donors (Lipinski definition) is 2. The number of hydrogen-bond acceptors (Lipinski definition) is 7. The number of anilines is 2. The third-order valence-electron chi connectivity index (χ3n) is 7.96. The molecule has 0 saturated carbocycles. The minimum absolute atomic E-state index is 0.0866. The number of nitrogens with zero attached hydrogens (tertiary/aromatic N) is 1. The third kappa shape index (κ3) is 6.60. The molecule has 1 aliphatic carbocycles. The normalized spacial score (nSPS) is 17.3. The summed E-state index contributed by atoms with van der Waals surface area (Å²) in [4.78, 5) is 27.4. The molecule has 1 aliphatic heterocycles. The molecule has 0 spiro atoms. The number of piperidine rings is 1. The molecule has 1 amide bonds. The molecule has 9 nitrogen and oxygen atoms in total. The van der Waals surface area contributed by atoms with E-state index in [0.29, 0.717) is 61.6 Å². The maximum Gasteiger partial charge on any atom is 0.309 e. The highest BCUT2D eigenvalue weighted by Crippen LogP contribution is 2.35. The van der Waals surface area contributed by atoms with E-state index in [-0.39, 0.29) is 28.7 Å². The second-order valence-corrected chi connectivity index (χ2v) is 12.3. The van der Waals surface area contributed by atoms with E-state index in [4.69, 9.17) is 9.47 Å².